The van der Waals surface area contributed by atoms with Gasteiger partial charge < -0.3 is 10.7 Å². The minimum absolute atomic E-state index is 0.272. The predicted octanol–water partition coefficient (Wildman–Crippen LogP) is 2.44. The molecule has 0 saturated heterocycles. The number of nitrogens with one attached hydrogen (secondary N) is 1. The molecule has 0 aromatic carbocycles. The second-order valence-electron chi connectivity index (χ2n) is 3.69. The number of rotatable bonds is 2. The maximum atomic E-state index is 12.2. The molecule has 0 amide bonds. The zero-order valence-electron chi connectivity index (χ0n) is 7.43. The second kappa shape index (κ2) is 3.02. The van der Waals surface area contributed by atoms with E-state index < -0.39 is 11.9 Å². The first-order valence-corrected chi connectivity index (χ1v) is 4.50. The van der Waals surface area contributed by atoms with E-state index in [9.17, 15) is 13.2 Å². The molecule has 0 aliphatic heterocycles. The van der Waals surface area contributed by atoms with E-state index in [4.69, 9.17) is 5.73 Å². The quantitative estimate of drug-likeness (QED) is 0.763. The first-order chi connectivity index (χ1) is 6.48. The summed E-state index contributed by atoms with van der Waals surface area (Å²) in [6.45, 7) is 0. The Hall–Kier alpha value is -0.970. The molecule has 2 nitrogen and oxygen atoms in total. The first kappa shape index (κ1) is 9.58. The van der Waals surface area contributed by atoms with Crippen LogP contribution in [0.2, 0.25) is 0 Å². The molecule has 3 N–H and O–H groups in total. The molecular weight excluding hydrogens is 193 g/mol. The summed E-state index contributed by atoms with van der Waals surface area (Å²) in [4.78, 5) is 2.32. The summed E-state index contributed by atoms with van der Waals surface area (Å²) in [7, 11) is 0. The van der Waals surface area contributed by atoms with E-state index in [1.165, 1.54) is 6.07 Å². The minimum Gasteiger partial charge on any atom is -0.354 e. The highest BCUT2D eigenvalue weighted by Gasteiger charge is 2.35. The fraction of sp³-hybridized carbons (Fsp3) is 0.556. The molecule has 78 valence electrons. The van der Waals surface area contributed by atoms with Gasteiger partial charge in [0.25, 0.3) is 0 Å². The Morgan fingerprint density at radius 3 is 2.43 bits per heavy atom. The average Bonchev–Trinajstić information content (AvgIpc) is 2.79. The number of halogens is 3. The van der Waals surface area contributed by atoms with E-state index in [1.807, 2.05) is 0 Å². The number of hydrogen-bond donors (Lipinski definition) is 2. The molecule has 14 heavy (non-hydrogen) atoms. The van der Waals surface area contributed by atoms with Gasteiger partial charge in [0.1, 0.15) is 5.69 Å². The molecule has 1 aromatic heterocycles. The van der Waals surface area contributed by atoms with Crippen LogP contribution in [0.5, 0.6) is 0 Å². The minimum atomic E-state index is -4.30. The van der Waals surface area contributed by atoms with Gasteiger partial charge in [0.05, 0.1) is 0 Å². The van der Waals surface area contributed by atoms with Gasteiger partial charge in [0.15, 0.2) is 0 Å². The Balaban J connectivity index is 2.16. The van der Waals surface area contributed by atoms with Gasteiger partial charge in [-0.05, 0) is 30.9 Å². The summed E-state index contributed by atoms with van der Waals surface area (Å²) in [6, 6.07) is 2.19. The van der Waals surface area contributed by atoms with Gasteiger partial charge in [-0.15, -0.1) is 0 Å². The van der Waals surface area contributed by atoms with E-state index >= 15 is 0 Å². The van der Waals surface area contributed by atoms with Gasteiger partial charge in [-0.1, -0.05) is 0 Å². The van der Waals surface area contributed by atoms with Crippen LogP contribution in [0.25, 0.3) is 0 Å². The monoisotopic (exact) mass is 204 g/mol. The van der Waals surface area contributed by atoms with Crippen molar-refractivity contribution < 1.29 is 13.2 Å². The molecule has 0 bridgehead atoms. The van der Waals surface area contributed by atoms with Gasteiger partial charge >= 0.3 is 6.18 Å². The number of nitrogens with two attached hydrogens (primary N) is 1. The summed E-state index contributed by atoms with van der Waals surface area (Å²) in [5.41, 5.74) is 5.53. The topological polar surface area (TPSA) is 41.8 Å². The first-order valence-electron chi connectivity index (χ1n) is 4.50. The number of H-pyrrole nitrogens is 1. The van der Waals surface area contributed by atoms with E-state index in [0.717, 1.165) is 18.9 Å². The lowest BCUT2D eigenvalue weighted by molar-refractivity contribution is -0.140. The zero-order valence-corrected chi connectivity index (χ0v) is 7.43. The molecule has 1 aliphatic carbocycles. The van der Waals surface area contributed by atoms with Crippen molar-refractivity contribution in [2.45, 2.75) is 25.1 Å². The zero-order chi connectivity index (χ0) is 10.3. The van der Waals surface area contributed by atoms with Gasteiger partial charge in [0.2, 0.25) is 0 Å². The van der Waals surface area contributed by atoms with Crippen molar-refractivity contribution in [1.29, 1.82) is 0 Å². The van der Waals surface area contributed by atoms with Crippen molar-refractivity contribution in [3.63, 3.8) is 0 Å². The van der Waals surface area contributed by atoms with Crippen molar-refractivity contribution in [3.05, 3.63) is 23.5 Å². The molecule has 1 atom stereocenters. The van der Waals surface area contributed by atoms with E-state index in [1.54, 1.807) is 0 Å². The number of alkyl halides is 3. The van der Waals surface area contributed by atoms with Crippen LogP contribution in [0.3, 0.4) is 0 Å². The summed E-state index contributed by atoms with van der Waals surface area (Å²) in [5, 5.41) is 0. The summed E-state index contributed by atoms with van der Waals surface area (Å²) < 4.78 is 36.6. The fourth-order valence-electron chi connectivity index (χ4n) is 1.48. The van der Waals surface area contributed by atoms with E-state index in [2.05, 4.69) is 4.98 Å². The number of aromatic nitrogens is 1. The van der Waals surface area contributed by atoms with Crippen molar-refractivity contribution in [3.8, 4) is 0 Å². The lowest BCUT2D eigenvalue weighted by Crippen LogP contribution is -2.13. The van der Waals surface area contributed by atoms with Crippen molar-refractivity contribution in [2.24, 2.45) is 11.7 Å². The van der Waals surface area contributed by atoms with Crippen molar-refractivity contribution in [1.82, 2.24) is 4.98 Å². The van der Waals surface area contributed by atoms with Gasteiger partial charge in [-0.2, -0.15) is 13.2 Å². The van der Waals surface area contributed by atoms with Crippen LogP contribution in [0.15, 0.2) is 12.1 Å². The largest absolute Gasteiger partial charge is 0.431 e. The van der Waals surface area contributed by atoms with Crippen LogP contribution in [-0.2, 0) is 6.18 Å². The normalized spacial score (nSPS) is 19.7. The third kappa shape index (κ3) is 1.77. The molecule has 5 heteroatoms. The van der Waals surface area contributed by atoms with Crippen LogP contribution in [0.1, 0.15) is 30.3 Å². The standard InChI is InChI=1S/C9H11F3N2/c10-9(11,12)7-4-3-6(14-7)8(13)5-1-2-5/h3-5,8,14H,1-2,13H2. The van der Waals surface area contributed by atoms with Crippen LogP contribution >= 0.6 is 0 Å². The van der Waals surface area contributed by atoms with Crippen LogP contribution in [0, 0.1) is 5.92 Å². The van der Waals surface area contributed by atoms with Crippen LogP contribution in [-0.4, -0.2) is 4.98 Å². The van der Waals surface area contributed by atoms with Gasteiger partial charge in [-0.25, -0.2) is 0 Å². The van der Waals surface area contributed by atoms with Crippen molar-refractivity contribution in [2.75, 3.05) is 0 Å². The Morgan fingerprint density at radius 1 is 1.36 bits per heavy atom. The van der Waals surface area contributed by atoms with Crippen molar-refractivity contribution >= 4 is 0 Å². The number of aromatic amines is 1. The maximum absolute atomic E-state index is 12.2. The molecule has 1 fully saturated rings. The predicted molar refractivity (Wildman–Crippen MR) is 45.4 cm³/mol. The molecule has 1 heterocycles. The molecule has 0 radical (unpaired) electrons. The third-order valence-electron chi connectivity index (χ3n) is 2.50. The summed E-state index contributed by atoms with van der Waals surface area (Å²) >= 11 is 0. The Labute approximate surface area is 79.3 Å². The molecule has 1 aromatic rings. The molecule has 1 saturated carbocycles. The molecule has 0 spiro atoms. The molecule has 1 aliphatic rings. The highest BCUT2D eigenvalue weighted by Crippen LogP contribution is 2.40. The lowest BCUT2D eigenvalue weighted by Gasteiger charge is -2.08. The Kier molecular flexibility index (Phi) is 2.06. The smallest absolute Gasteiger partial charge is 0.354 e. The fourth-order valence-corrected chi connectivity index (χ4v) is 1.48. The maximum Gasteiger partial charge on any atom is 0.431 e. The molecule has 1 unspecified atom stereocenters. The van der Waals surface area contributed by atoms with Crippen LogP contribution in [0.4, 0.5) is 13.2 Å². The lowest BCUT2D eigenvalue weighted by atomic mass is 10.1. The highest BCUT2D eigenvalue weighted by atomic mass is 19.4. The third-order valence-corrected chi connectivity index (χ3v) is 2.50. The number of hydrogen-bond acceptors (Lipinski definition) is 1. The van der Waals surface area contributed by atoms with E-state index in [-0.39, 0.29) is 6.04 Å². The molecule has 2 rings (SSSR count). The van der Waals surface area contributed by atoms with Gasteiger partial charge in [-0.3, -0.25) is 0 Å². The Morgan fingerprint density at radius 2 is 2.00 bits per heavy atom. The summed E-state index contributed by atoms with van der Waals surface area (Å²) in [5.74, 6) is 0.356. The highest BCUT2D eigenvalue weighted by molar-refractivity contribution is 5.19. The Bertz CT molecular complexity index is 325. The van der Waals surface area contributed by atoms with Crippen LogP contribution < -0.4 is 5.73 Å². The molecular formula is C9H11F3N2. The average molecular weight is 204 g/mol. The summed E-state index contributed by atoms with van der Waals surface area (Å²) in [6.07, 6.45) is -2.27. The second-order valence-corrected chi connectivity index (χ2v) is 3.69. The van der Waals surface area contributed by atoms with Gasteiger partial charge in [0, 0.05) is 11.7 Å². The SMILES string of the molecule is NC(c1ccc(C(F)(F)F)[nH]1)C1CC1. The van der Waals surface area contributed by atoms with E-state index in [0.29, 0.717) is 11.6 Å².